The summed E-state index contributed by atoms with van der Waals surface area (Å²) >= 11 is 1.33. The Morgan fingerprint density at radius 1 is 0.964 bits per heavy atom. The van der Waals surface area contributed by atoms with Crippen molar-refractivity contribution in [1.82, 2.24) is 4.98 Å². The first-order chi connectivity index (χ1) is 13.5. The Balaban J connectivity index is 1.43. The minimum Gasteiger partial charge on any atom is -0.326 e. The molecule has 1 aromatic heterocycles. The van der Waals surface area contributed by atoms with E-state index in [1.54, 1.807) is 36.4 Å². The van der Waals surface area contributed by atoms with Gasteiger partial charge < -0.3 is 10.6 Å². The van der Waals surface area contributed by atoms with Gasteiger partial charge in [-0.05, 0) is 55.3 Å². The average Bonchev–Trinajstić information content (AvgIpc) is 3.43. The van der Waals surface area contributed by atoms with Crippen molar-refractivity contribution in [2.75, 3.05) is 16.0 Å². The van der Waals surface area contributed by atoms with Crippen LogP contribution in [0.4, 0.5) is 16.5 Å². The van der Waals surface area contributed by atoms with Crippen LogP contribution in [-0.4, -0.2) is 22.7 Å². The van der Waals surface area contributed by atoms with E-state index in [1.165, 1.54) is 18.3 Å². The van der Waals surface area contributed by atoms with E-state index in [1.807, 2.05) is 6.07 Å². The Morgan fingerprint density at radius 3 is 2.36 bits per heavy atom. The summed E-state index contributed by atoms with van der Waals surface area (Å²) in [5.41, 5.74) is 2.58. The Morgan fingerprint density at radius 2 is 1.68 bits per heavy atom. The summed E-state index contributed by atoms with van der Waals surface area (Å²) in [5.74, 6) is -0.256. The molecule has 7 nitrogen and oxygen atoms in total. The van der Waals surface area contributed by atoms with Crippen LogP contribution in [0.15, 0.2) is 42.5 Å². The summed E-state index contributed by atoms with van der Waals surface area (Å²) in [6, 6.07) is 12.1. The number of carbonyl (C=O) groups is 3. The Bertz CT molecular complexity index is 1070. The van der Waals surface area contributed by atoms with Gasteiger partial charge in [0.05, 0.1) is 10.2 Å². The number of nitrogens with zero attached hydrogens (tertiary/aromatic N) is 1. The van der Waals surface area contributed by atoms with Gasteiger partial charge in [0, 0.05) is 29.8 Å². The quantitative estimate of drug-likeness (QED) is 0.612. The molecule has 3 N–H and O–H groups in total. The van der Waals surface area contributed by atoms with Gasteiger partial charge in [-0.3, -0.25) is 19.7 Å². The molecule has 0 saturated heterocycles. The molecule has 4 rings (SSSR count). The van der Waals surface area contributed by atoms with E-state index in [4.69, 9.17) is 0 Å². The summed E-state index contributed by atoms with van der Waals surface area (Å²) in [7, 11) is 0. The Kier molecular flexibility index (Phi) is 4.79. The first-order valence-electron chi connectivity index (χ1n) is 8.88. The molecular formula is C20H18N4O3S. The highest BCUT2D eigenvalue weighted by Gasteiger charge is 2.29. The minimum atomic E-state index is -0.277. The molecule has 1 aliphatic rings. The molecule has 0 spiro atoms. The van der Waals surface area contributed by atoms with Crippen molar-refractivity contribution in [3.8, 4) is 0 Å². The second kappa shape index (κ2) is 7.40. The van der Waals surface area contributed by atoms with Gasteiger partial charge in [-0.15, -0.1) is 0 Å². The van der Waals surface area contributed by atoms with Gasteiger partial charge in [0.2, 0.25) is 11.8 Å². The highest BCUT2D eigenvalue weighted by Crippen LogP contribution is 2.30. The highest BCUT2D eigenvalue weighted by atomic mass is 32.1. The summed E-state index contributed by atoms with van der Waals surface area (Å²) in [6.07, 6.45) is 1.89. The summed E-state index contributed by atoms with van der Waals surface area (Å²) < 4.78 is 0.861. The third-order valence-electron chi connectivity index (χ3n) is 4.29. The fourth-order valence-electron chi connectivity index (χ4n) is 2.72. The molecule has 3 amide bonds. The van der Waals surface area contributed by atoms with E-state index in [0.717, 1.165) is 23.1 Å². The summed E-state index contributed by atoms with van der Waals surface area (Å²) in [5, 5.41) is 8.84. The fraction of sp³-hybridized carbons (Fsp3) is 0.200. The Hall–Kier alpha value is -3.26. The molecule has 0 radical (unpaired) electrons. The predicted molar refractivity (Wildman–Crippen MR) is 110 cm³/mol. The zero-order valence-electron chi connectivity index (χ0n) is 15.1. The van der Waals surface area contributed by atoms with E-state index in [0.29, 0.717) is 22.1 Å². The van der Waals surface area contributed by atoms with E-state index < -0.39 is 0 Å². The standard InChI is InChI=1S/C20H18N4O3S/c1-11(25)21-15-8-9-16-17(10-15)28-20(23-16)24-19(27)13-4-6-14(7-5-13)22-18(26)12-2-3-12/h4-10,12H,2-3H2,1H3,(H,21,25)(H,22,26)(H,23,24,27). The first-order valence-corrected chi connectivity index (χ1v) is 9.70. The molecule has 0 bridgehead atoms. The van der Waals surface area contributed by atoms with Crippen LogP contribution in [0.25, 0.3) is 10.2 Å². The van der Waals surface area contributed by atoms with Crippen LogP contribution in [0.1, 0.15) is 30.1 Å². The van der Waals surface area contributed by atoms with Crippen molar-refractivity contribution >= 4 is 55.8 Å². The summed E-state index contributed by atoms with van der Waals surface area (Å²) in [6.45, 7) is 1.45. The fourth-order valence-corrected chi connectivity index (χ4v) is 3.62. The molecule has 3 aromatic rings. The van der Waals surface area contributed by atoms with Crippen molar-refractivity contribution in [3.63, 3.8) is 0 Å². The van der Waals surface area contributed by atoms with Crippen molar-refractivity contribution in [1.29, 1.82) is 0 Å². The number of hydrogen-bond donors (Lipinski definition) is 3. The van der Waals surface area contributed by atoms with Crippen LogP contribution < -0.4 is 16.0 Å². The number of hydrogen-bond acceptors (Lipinski definition) is 5. The lowest BCUT2D eigenvalue weighted by Crippen LogP contribution is -2.14. The maximum atomic E-state index is 12.5. The molecule has 1 aliphatic carbocycles. The minimum absolute atomic E-state index is 0.0327. The summed E-state index contributed by atoms with van der Waals surface area (Å²) in [4.78, 5) is 39.8. The SMILES string of the molecule is CC(=O)Nc1ccc2nc(NC(=O)c3ccc(NC(=O)C4CC4)cc3)sc2c1. The van der Waals surface area contributed by atoms with Crippen molar-refractivity contribution < 1.29 is 14.4 Å². The van der Waals surface area contributed by atoms with Gasteiger partial charge in [0.1, 0.15) is 0 Å². The third-order valence-corrected chi connectivity index (χ3v) is 5.23. The number of thiazole rings is 1. The molecule has 142 valence electrons. The van der Waals surface area contributed by atoms with Crippen LogP contribution in [-0.2, 0) is 9.59 Å². The van der Waals surface area contributed by atoms with Gasteiger partial charge >= 0.3 is 0 Å². The Labute approximate surface area is 165 Å². The zero-order valence-corrected chi connectivity index (χ0v) is 15.9. The number of amides is 3. The van der Waals surface area contributed by atoms with Gasteiger partial charge in [-0.25, -0.2) is 4.98 Å². The normalized spacial score (nSPS) is 13.2. The molecule has 0 atom stereocenters. The third kappa shape index (κ3) is 4.17. The van der Waals surface area contributed by atoms with Crippen LogP contribution in [0.5, 0.6) is 0 Å². The van der Waals surface area contributed by atoms with Gasteiger partial charge in [-0.1, -0.05) is 11.3 Å². The number of anilines is 3. The predicted octanol–water partition coefficient (Wildman–Crippen LogP) is 3.86. The average molecular weight is 394 g/mol. The molecule has 2 aromatic carbocycles. The molecule has 0 aliphatic heterocycles. The van der Waals surface area contributed by atoms with Gasteiger partial charge in [0.25, 0.3) is 5.91 Å². The lowest BCUT2D eigenvalue weighted by molar-refractivity contribution is -0.117. The number of nitrogens with one attached hydrogen (secondary N) is 3. The second-order valence-electron chi connectivity index (χ2n) is 6.68. The topological polar surface area (TPSA) is 100 Å². The van der Waals surface area contributed by atoms with Crippen molar-refractivity contribution in [2.24, 2.45) is 5.92 Å². The van der Waals surface area contributed by atoms with Gasteiger partial charge in [0.15, 0.2) is 5.13 Å². The maximum absolute atomic E-state index is 12.5. The number of fused-ring (bicyclic) bond motifs is 1. The largest absolute Gasteiger partial charge is 0.326 e. The lowest BCUT2D eigenvalue weighted by atomic mass is 10.2. The zero-order chi connectivity index (χ0) is 19.7. The molecule has 1 saturated carbocycles. The van der Waals surface area contributed by atoms with Crippen LogP contribution in [0.3, 0.4) is 0 Å². The molecule has 8 heteroatoms. The van der Waals surface area contributed by atoms with Crippen molar-refractivity contribution in [3.05, 3.63) is 48.0 Å². The van der Waals surface area contributed by atoms with Crippen LogP contribution in [0.2, 0.25) is 0 Å². The number of carbonyl (C=O) groups excluding carboxylic acids is 3. The number of benzene rings is 2. The maximum Gasteiger partial charge on any atom is 0.257 e. The number of rotatable bonds is 5. The lowest BCUT2D eigenvalue weighted by Gasteiger charge is -2.05. The highest BCUT2D eigenvalue weighted by molar-refractivity contribution is 7.22. The second-order valence-corrected chi connectivity index (χ2v) is 7.71. The van der Waals surface area contributed by atoms with E-state index in [2.05, 4.69) is 20.9 Å². The first kappa shape index (κ1) is 18.1. The molecular weight excluding hydrogens is 376 g/mol. The van der Waals surface area contributed by atoms with Gasteiger partial charge in [-0.2, -0.15) is 0 Å². The molecule has 1 heterocycles. The van der Waals surface area contributed by atoms with Crippen LogP contribution >= 0.6 is 11.3 Å². The van der Waals surface area contributed by atoms with E-state index >= 15 is 0 Å². The number of aromatic nitrogens is 1. The van der Waals surface area contributed by atoms with Crippen LogP contribution in [0, 0.1) is 5.92 Å². The van der Waals surface area contributed by atoms with E-state index in [-0.39, 0.29) is 23.6 Å². The smallest absolute Gasteiger partial charge is 0.257 e. The monoisotopic (exact) mass is 394 g/mol. The molecule has 1 fully saturated rings. The molecule has 28 heavy (non-hydrogen) atoms. The van der Waals surface area contributed by atoms with E-state index in [9.17, 15) is 14.4 Å². The van der Waals surface area contributed by atoms with Crippen molar-refractivity contribution in [2.45, 2.75) is 19.8 Å². The molecule has 0 unspecified atom stereocenters.